The summed E-state index contributed by atoms with van der Waals surface area (Å²) in [6, 6.07) is -0.250. The number of amidine groups is 1. The van der Waals surface area contributed by atoms with E-state index in [0.717, 1.165) is 57.8 Å². The number of likely N-dealkylation sites (tertiary alicyclic amines) is 2. The number of carbonyl (C=O) groups excluding carboxylic acids is 1. The number of hydrogen-bond donors (Lipinski definition) is 2. The lowest BCUT2D eigenvalue weighted by Crippen LogP contribution is -2.52. The number of rotatable bonds is 6. The van der Waals surface area contributed by atoms with Crippen LogP contribution in [0, 0.1) is 17.2 Å². The smallest absolute Gasteiger partial charge is 0.239 e. The molecule has 4 aliphatic rings. The lowest BCUT2D eigenvalue weighted by molar-refractivity contribution is -0.138. The van der Waals surface area contributed by atoms with Gasteiger partial charge in [0.05, 0.1) is 22.9 Å². The van der Waals surface area contributed by atoms with Crippen molar-refractivity contribution in [2.75, 3.05) is 25.4 Å². The highest BCUT2D eigenvalue weighted by Gasteiger charge is 2.48. The van der Waals surface area contributed by atoms with Gasteiger partial charge < -0.3 is 10.6 Å². The molecular formula is C23H39FN4O3S. The van der Waals surface area contributed by atoms with Crippen molar-refractivity contribution in [1.82, 2.24) is 9.80 Å². The first-order chi connectivity index (χ1) is 15.3. The first kappa shape index (κ1) is 23.9. The molecule has 2 saturated carbocycles. The zero-order valence-electron chi connectivity index (χ0n) is 19.1. The quantitative estimate of drug-likeness (QED) is 0.458. The third-order valence-corrected chi connectivity index (χ3v) is 10.7. The summed E-state index contributed by atoms with van der Waals surface area (Å²) in [5.74, 6) is 0.640. The first-order valence-electron chi connectivity index (χ1n) is 12.5. The van der Waals surface area contributed by atoms with E-state index in [9.17, 15) is 17.6 Å². The Morgan fingerprint density at radius 3 is 2.34 bits per heavy atom. The minimum absolute atomic E-state index is 0.00448. The van der Waals surface area contributed by atoms with Crippen molar-refractivity contribution < 1.29 is 17.6 Å². The summed E-state index contributed by atoms with van der Waals surface area (Å²) < 4.78 is 39.8. The van der Waals surface area contributed by atoms with Crippen LogP contribution in [-0.2, 0) is 14.6 Å². The summed E-state index contributed by atoms with van der Waals surface area (Å²) in [6.45, 7) is 1.24. The van der Waals surface area contributed by atoms with Gasteiger partial charge in [-0.05, 0) is 57.3 Å². The van der Waals surface area contributed by atoms with Crippen LogP contribution in [0.25, 0.3) is 0 Å². The van der Waals surface area contributed by atoms with E-state index in [4.69, 9.17) is 11.1 Å². The molecule has 182 valence electrons. The lowest BCUT2D eigenvalue weighted by Gasteiger charge is -2.38. The fourth-order valence-corrected chi connectivity index (χ4v) is 8.34. The molecule has 0 aromatic heterocycles. The number of nitrogens with zero attached hydrogens (tertiary/aromatic N) is 2. The van der Waals surface area contributed by atoms with E-state index in [0.29, 0.717) is 38.4 Å². The van der Waals surface area contributed by atoms with Crippen LogP contribution < -0.4 is 5.73 Å². The number of alkyl halides is 1. The normalized spacial score (nSPS) is 33.2. The number of carbonyl (C=O) groups is 1. The van der Waals surface area contributed by atoms with Gasteiger partial charge in [-0.25, -0.2) is 12.8 Å². The fourth-order valence-electron chi connectivity index (χ4n) is 6.49. The molecule has 9 heteroatoms. The van der Waals surface area contributed by atoms with Gasteiger partial charge in [0.2, 0.25) is 5.91 Å². The van der Waals surface area contributed by atoms with Crippen LogP contribution in [0.2, 0.25) is 0 Å². The zero-order valence-corrected chi connectivity index (χ0v) is 19.9. The fraction of sp³-hybridized carbons (Fsp3) is 0.913. The van der Waals surface area contributed by atoms with Crippen LogP contribution in [0.5, 0.6) is 0 Å². The molecule has 4 unspecified atom stereocenters. The number of halogens is 1. The van der Waals surface area contributed by atoms with Crippen LogP contribution in [0.4, 0.5) is 4.39 Å². The summed E-state index contributed by atoms with van der Waals surface area (Å²) >= 11 is 0. The highest BCUT2D eigenvalue weighted by atomic mass is 32.2. The highest BCUT2D eigenvalue weighted by Crippen LogP contribution is 2.42. The molecule has 0 radical (unpaired) electrons. The average Bonchev–Trinajstić information content (AvgIpc) is 3.16. The highest BCUT2D eigenvalue weighted by molar-refractivity contribution is 7.92. The Balaban J connectivity index is 1.49. The molecule has 0 bridgehead atoms. The number of nitrogens with one attached hydrogen (secondary N) is 1. The van der Waals surface area contributed by atoms with Gasteiger partial charge in [-0.3, -0.25) is 15.1 Å². The second kappa shape index (κ2) is 9.95. The number of piperidine rings is 1. The molecule has 2 aliphatic carbocycles. The average molecular weight is 471 g/mol. The number of sulfone groups is 1. The van der Waals surface area contributed by atoms with E-state index in [1.165, 1.54) is 0 Å². The Kier molecular flexibility index (Phi) is 7.44. The Bertz CT molecular complexity index is 793. The molecule has 3 N–H and O–H groups in total. The van der Waals surface area contributed by atoms with Gasteiger partial charge in [0.15, 0.2) is 9.84 Å². The van der Waals surface area contributed by atoms with Gasteiger partial charge in [-0.2, -0.15) is 0 Å². The van der Waals surface area contributed by atoms with Gasteiger partial charge in [0.1, 0.15) is 6.17 Å². The third-order valence-electron chi connectivity index (χ3n) is 8.46. The van der Waals surface area contributed by atoms with Crippen LogP contribution in [0.15, 0.2) is 0 Å². The summed E-state index contributed by atoms with van der Waals surface area (Å²) in [4.78, 5) is 17.4. The number of fused-ring (bicyclic) bond motifs is 1. The summed E-state index contributed by atoms with van der Waals surface area (Å²) in [5, 5.41) is 7.66. The molecule has 2 aliphatic heterocycles. The largest absolute Gasteiger partial charge is 0.387 e. The number of hydrogen-bond acceptors (Lipinski definition) is 5. The van der Waals surface area contributed by atoms with E-state index < -0.39 is 16.0 Å². The maximum atomic E-state index is 13.6. The molecule has 0 aromatic carbocycles. The molecule has 32 heavy (non-hydrogen) atoms. The van der Waals surface area contributed by atoms with Gasteiger partial charge in [0.25, 0.3) is 0 Å². The first-order valence-corrected chi connectivity index (χ1v) is 14.2. The summed E-state index contributed by atoms with van der Waals surface area (Å²) in [7, 11) is -3.20. The monoisotopic (exact) mass is 470 g/mol. The van der Waals surface area contributed by atoms with Crippen molar-refractivity contribution >= 4 is 21.6 Å². The molecule has 2 heterocycles. The molecule has 4 atom stereocenters. The molecule has 4 fully saturated rings. The maximum absolute atomic E-state index is 13.6. The molecule has 1 amide bonds. The molecule has 0 aromatic rings. The zero-order chi connectivity index (χ0) is 22.9. The third kappa shape index (κ3) is 5.13. The van der Waals surface area contributed by atoms with Crippen molar-refractivity contribution in [3.8, 4) is 0 Å². The van der Waals surface area contributed by atoms with Gasteiger partial charge in [-0.1, -0.05) is 19.3 Å². The topological polar surface area (TPSA) is 108 Å². The van der Waals surface area contributed by atoms with Crippen LogP contribution in [0.3, 0.4) is 0 Å². The van der Waals surface area contributed by atoms with Gasteiger partial charge in [0, 0.05) is 31.6 Å². The molecular weight excluding hydrogens is 431 g/mol. The minimum atomic E-state index is -3.20. The SMILES string of the molecule is N=C(N)C1CCC2CC(C(=O)N3CCC(F)CC3)N(CCS(=O)(=O)C3CCCCC3)C2C1. The predicted octanol–water partition coefficient (Wildman–Crippen LogP) is 2.49. The molecule has 0 spiro atoms. The summed E-state index contributed by atoms with van der Waals surface area (Å²) in [6.07, 6.45) is 7.72. The molecule has 4 rings (SSSR count). The number of amides is 1. The van der Waals surface area contributed by atoms with E-state index in [2.05, 4.69) is 4.90 Å². The second-order valence-electron chi connectivity index (χ2n) is 10.4. The van der Waals surface area contributed by atoms with Crippen molar-refractivity contribution in [3.63, 3.8) is 0 Å². The van der Waals surface area contributed by atoms with Crippen LogP contribution in [-0.4, -0.2) is 78.9 Å². The van der Waals surface area contributed by atoms with Crippen LogP contribution >= 0.6 is 0 Å². The van der Waals surface area contributed by atoms with Crippen molar-refractivity contribution in [1.29, 1.82) is 5.41 Å². The lowest BCUT2D eigenvalue weighted by atomic mass is 9.78. The standard InChI is InChI=1S/C23H39FN4O3S/c24-18-8-10-27(11-9-18)23(29)21-14-16-6-7-17(22(25)26)15-20(16)28(21)12-13-32(30,31)19-4-2-1-3-5-19/h16-21H,1-15H2,(H3,25,26). The van der Waals surface area contributed by atoms with Crippen molar-refractivity contribution in [2.45, 2.75) is 94.1 Å². The van der Waals surface area contributed by atoms with Crippen molar-refractivity contribution in [2.24, 2.45) is 17.6 Å². The predicted molar refractivity (Wildman–Crippen MR) is 123 cm³/mol. The van der Waals surface area contributed by atoms with E-state index in [-0.39, 0.29) is 40.7 Å². The Labute approximate surface area is 191 Å². The molecule has 7 nitrogen and oxygen atoms in total. The number of nitrogens with two attached hydrogens (primary N) is 1. The molecule has 2 saturated heterocycles. The van der Waals surface area contributed by atoms with Crippen LogP contribution in [0.1, 0.15) is 70.6 Å². The Morgan fingerprint density at radius 1 is 1.00 bits per heavy atom. The summed E-state index contributed by atoms with van der Waals surface area (Å²) in [5.41, 5.74) is 5.82. The van der Waals surface area contributed by atoms with Gasteiger partial charge >= 0.3 is 0 Å². The minimum Gasteiger partial charge on any atom is -0.387 e. The van der Waals surface area contributed by atoms with E-state index in [1.54, 1.807) is 4.90 Å². The van der Waals surface area contributed by atoms with Gasteiger partial charge in [-0.15, -0.1) is 0 Å². The Morgan fingerprint density at radius 2 is 1.69 bits per heavy atom. The Hall–Kier alpha value is -1.22. The second-order valence-corrected chi connectivity index (χ2v) is 12.8. The maximum Gasteiger partial charge on any atom is 0.239 e. The van der Waals surface area contributed by atoms with E-state index >= 15 is 0 Å². The van der Waals surface area contributed by atoms with Crippen molar-refractivity contribution in [3.05, 3.63) is 0 Å². The van der Waals surface area contributed by atoms with E-state index in [1.807, 2.05) is 0 Å².